The fraction of sp³-hybridized carbons (Fsp3) is 0.250. The van der Waals surface area contributed by atoms with Gasteiger partial charge in [0.1, 0.15) is 11.4 Å². The van der Waals surface area contributed by atoms with Crippen molar-refractivity contribution in [2.45, 2.75) is 6.92 Å². The third kappa shape index (κ3) is 1.55. The molecule has 1 rings (SSSR count). The van der Waals surface area contributed by atoms with E-state index in [4.69, 9.17) is 10.3 Å². The Bertz CT molecular complexity index is 271. The Hall–Kier alpha value is -1.38. The predicted octanol–water partition coefficient (Wildman–Crippen LogP) is 1.89. The lowest BCUT2D eigenvalue weighted by Crippen LogP contribution is -1.83. The Balaban J connectivity index is 3.16. The Morgan fingerprint density at radius 2 is 2.18 bits per heavy atom. The van der Waals surface area contributed by atoms with E-state index in [9.17, 15) is 0 Å². The van der Waals surface area contributed by atoms with Crippen LogP contribution in [-0.4, -0.2) is 7.11 Å². The smallest absolute Gasteiger partial charge is 0.146 e. The number of aryl methyl sites for hydroxylation is 1. The predicted molar refractivity (Wildman–Crippen MR) is 42.0 cm³/mol. The van der Waals surface area contributed by atoms with Crippen LogP contribution >= 0.6 is 0 Å². The highest BCUT2D eigenvalue weighted by Gasteiger charge is 1.99. The monoisotopic (exact) mass is 149 g/mol. The van der Waals surface area contributed by atoms with Gasteiger partial charge in [-0.25, -0.2) is 0 Å². The van der Waals surface area contributed by atoms with Gasteiger partial charge in [-0.2, -0.15) is 0 Å². The van der Waals surface area contributed by atoms with Gasteiger partial charge in [0.15, 0.2) is 0 Å². The number of ether oxygens (including phenoxy) is 1. The third-order valence-corrected chi connectivity index (χ3v) is 1.44. The van der Waals surface area contributed by atoms with E-state index in [-0.39, 0.29) is 0 Å². The lowest BCUT2D eigenvalue weighted by molar-refractivity contribution is 0.416. The van der Waals surface area contributed by atoms with E-state index in [1.165, 1.54) is 0 Å². The summed E-state index contributed by atoms with van der Waals surface area (Å²) < 4.78 is 4.94. The number of hydrogen-bond donors (Lipinski definition) is 0. The maximum absolute atomic E-state index is 8.52. The highest BCUT2D eigenvalue weighted by molar-refractivity contribution is 5.52. The van der Waals surface area contributed by atoms with E-state index in [1.807, 2.05) is 13.0 Å². The van der Waals surface area contributed by atoms with Crippen molar-refractivity contribution in [1.29, 1.82) is 0 Å². The summed E-state index contributed by atoms with van der Waals surface area (Å²) in [4.78, 5) is 0. The Morgan fingerprint density at radius 1 is 1.45 bits per heavy atom. The molecule has 11 heavy (non-hydrogen) atoms. The zero-order valence-corrected chi connectivity index (χ0v) is 6.53. The number of nitrogens with zero attached hydrogens (tertiary/aromatic N) is 2. The molecule has 0 N–H and O–H groups in total. The first kappa shape index (κ1) is 7.72. The SMILES string of the molecule is COc1ccc(C)cc1N=[N]. The summed E-state index contributed by atoms with van der Waals surface area (Å²) in [5.41, 5.74) is 10.0. The minimum Gasteiger partial charge on any atom is -0.494 e. The van der Waals surface area contributed by atoms with E-state index < -0.39 is 0 Å². The van der Waals surface area contributed by atoms with Gasteiger partial charge in [-0.05, 0) is 30.2 Å². The minimum atomic E-state index is 0.465. The van der Waals surface area contributed by atoms with Gasteiger partial charge in [0.05, 0.1) is 7.11 Å². The molecule has 0 saturated heterocycles. The summed E-state index contributed by atoms with van der Waals surface area (Å²) >= 11 is 0. The standard InChI is InChI=1S/C8H9N2O/c1-6-3-4-8(11-2)7(5-6)10-9/h3-5H,1-2H3. The van der Waals surface area contributed by atoms with Gasteiger partial charge in [0.2, 0.25) is 0 Å². The van der Waals surface area contributed by atoms with Crippen LogP contribution in [0.4, 0.5) is 5.69 Å². The molecule has 0 saturated carbocycles. The highest BCUT2D eigenvalue weighted by atomic mass is 16.5. The molecule has 0 atom stereocenters. The summed E-state index contributed by atoms with van der Waals surface area (Å²) in [6, 6.07) is 5.41. The second-order valence-corrected chi connectivity index (χ2v) is 2.28. The zero-order chi connectivity index (χ0) is 8.27. The maximum atomic E-state index is 8.52. The molecule has 1 radical (unpaired) electrons. The van der Waals surface area contributed by atoms with Crippen LogP contribution in [0.25, 0.3) is 0 Å². The molecule has 0 bridgehead atoms. The Kier molecular flexibility index (Phi) is 2.21. The molecule has 0 aliphatic heterocycles. The van der Waals surface area contributed by atoms with Crippen molar-refractivity contribution in [1.82, 2.24) is 5.53 Å². The van der Waals surface area contributed by atoms with Crippen LogP contribution in [0.3, 0.4) is 0 Å². The number of rotatable bonds is 2. The molecule has 0 aliphatic rings. The van der Waals surface area contributed by atoms with Crippen molar-refractivity contribution in [2.24, 2.45) is 5.11 Å². The van der Waals surface area contributed by atoms with Crippen molar-refractivity contribution in [3.63, 3.8) is 0 Å². The molecule has 0 spiro atoms. The number of benzene rings is 1. The first-order valence-corrected chi connectivity index (χ1v) is 3.27. The molecule has 57 valence electrons. The van der Waals surface area contributed by atoms with Crippen molar-refractivity contribution < 1.29 is 4.74 Å². The van der Waals surface area contributed by atoms with Gasteiger partial charge in [-0.1, -0.05) is 6.07 Å². The number of hydrogen-bond acceptors (Lipinski definition) is 2. The average molecular weight is 149 g/mol. The van der Waals surface area contributed by atoms with Gasteiger partial charge in [-0.15, -0.1) is 5.11 Å². The Labute approximate surface area is 65.5 Å². The largest absolute Gasteiger partial charge is 0.494 e. The topological polar surface area (TPSA) is 43.9 Å². The second-order valence-electron chi connectivity index (χ2n) is 2.28. The molecule has 1 aromatic carbocycles. The summed E-state index contributed by atoms with van der Waals surface area (Å²) in [6.45, 7) is 1.92. The fourth-order valence-electron chi connectivity index (χ4n) is 0.878. The van der Waals surface area contributed by atoms with Gasteiger partial charge in [0.25, 0.3) is 0 Å². The molecule has 0 amide bonds. The van der Waals surface area contributed by atoms with Crippen LogP contribution < -0.4 is 10.3 Å². The molecule has 0 unspecified atom stereocenters. The molecule has 3 nitrogen and oxygen atoms in total. The zero-order valence-electron chi connectivity index (χ0n) is 6.53. The van der Waals surface area contributed by atoms with Crippen LogP contribution in [0.2, 0.25) is 0 Å². The quantitative estimate of drug-likeness (QED) is 0.592. The lowest BCUT2D eigenvalue weighted by atomic mass is 10.2. The normalized spacial score (nSPS) is 9.27. The summed E-state index contributed by atoms with van der Waals surface area (Å²) in [5.74, 6) is 0.582. The van der Waals surface area contributed by atoms with E-state index in [0.29, 0.717) is 11.4 Å². The van der Waals surface area contributed by atoms with Gasteiger partial charge in [0, 0.05) is 0 Å². The van der Waals surface area contributed by atoms with Gasteiger partial charge < -0.3 is 4.74 Å². The van der Waals surface area contributed by atoms with E-state index in [1.54, 1.807) is 19.2 Å². The van der Waals surface area contributed by atoms with Crippen LogP contribution in [0.5, 0.6) is 5.75 Å². The molecule has 0 aromatic heterocycles. The highest BCUT2D eigenvalue weighted by Crippen LogP contribution is 2.26. The van der Waals surface area contributed by atoms with Gasteiger partial charge >= 0.3 is 0 Å². The minimum absolute atomic E-state index is 0.465. The van der Waals surface area contributed by atoms with E-state index >= 15 is 0 Å². The van der Waals surface area contributed by atoms with Crippen molar-refractivity contribution in [3.05, 3.63) is 23.8 Å². The van der Waals surface area contributed by atoms with Crippen LogP contribution in [0.15, 0.2) is 23.3 Å². The van der Waals surface area contributed by atoms with Crippen LogP contribution in [0.1, 0.15) is 5.56 Å². The fourth-order valence-corrected chi connectivity index (χ4v) is 0.878. The van der Waals surface area contributed by atoms with Crippen molar-refractivity contribution in [2.75, 3.05) is 7.11 Å². The van der Waals surface area contributed by atoms with Gasteiger partial charge in [-0.3, -0.25) is 0 Å². The third-order valence-electron chi connectivity index (χ3n) is 1.44. The molecule has 1 aromatic rings. The first-order valence-electron chi connectivity index (χ1n) is 3.27. The summed E-state index contributed by atoms with van der Waals surface area (Å²) in [6.07, 6.45) is 0. The summed E-state index contributed by atoms with van der Waals surface area (Å²) in [5, 5.41) is 3.08. The molecule has 0 aliphatic carbocycles. The maximum Gasteiger partial charge on any atom is 0.146 e. The second kappa shape index (κ2) is 3.14. The van der Waals surface area contributed by atoms with E-state index in [2.05, 4.69) is 5.11 Å². The Morgan fingerprint density at radius 3 is 2.73 bits per heavy atom. The molecular formula is C8H9N2O. The average Bonchev–Trinajstić information content (AvgIpc) is 2.04. The van der Waals surface area contributed by atoms with Crippen molar-refractivity contribution >= 4 is 5.69 Å². The van der Waals surface area contributed by atoms with E-state index in [0.717, 1.165) is 5.56 Å². The molecule has 3 heteroatoms. The van der Waals surface area contributed by atoms with Crippen LogP contribution in [0, 0.1) is 6.92 Å². The first-order chi connectivity index (χ1) is 5.27. The van der Waals surface area contributed by atoms with Crippen LogP contribution in [-0.2, 0) is 0 Å². The molecular weight excluding hydrogens is 140 g/mol. The number of methoxy groups -OCH3 is 1. The summed E-state index contributed by atoms with van der Waals surface area (Å²) in [7, 11) is 1.54. The van der Waals surface area contributed by atoms with Crippen molar-refractivity contribution in [3.8, 4) is 5.75 Å². The lowest BCUT2D eigenvalue weighted by Gasteiger charge is -2.02. The molecule has 0 heterocycles. The molecule has 0 fully saturated rings.